The van der Waals surface area contributed by atoms with Gasteiger partial charge in [0.05, 0.1) is 17.7 Å². The van der Waals surface area contributed by atoms with E-state index in [0.29, 0.717) is 23.4 Å². The smallest absolute Gasteiger partial charge is 0.274 e. The molecule has 6 heteroatoms. The van der Waals surface area contributed by atoms with E-state index in [0.717, 1.165) is 26.1 Å². The molecule has 0 aromatic heterocycles. The van der Waals surface area contributed by atoms with Crippen molar-refractivity contribution in [2.45, 2.75) is 26.7 Å². The highest BCUT2D eigenvalue weighted by Crippen LogP contribution is 2.31. The molecule has 0 heterocycles. The van der Waals surface area contributed by atoms with Crippen molar-refractivity contribution in [2.24, 2.45) is 0 Å². The molecule has 0 radical (unpaired) electrons. The molecule has 0 unspecified atom stereocenters. The Morgan fingerprint density at radius 3 is 2.50 bits per heavy atom. The van der Waals surface area contributed by atoms with Crippen LogP contribution >= 0.6 is 0 Å². The fraction of sp³-hybridized carbons (Fsp3) is 0.571. The first-order valence-corrected chi connectivity index (χ1v) is 6.86. The number of nitrogens with two attached hydrogens (primary N) is 1. The van der Waals surface area contributed by atoms with Crippen LogP contribution in [0, 0.1) is 10.1 Å². The van der Waals surface area contributed by atoms with Crippen LogP contribution in [-0.2, 0) is 6.42 Å². The first-order chi connectivity index (χ1) is 9.53. The Balaban J connectivity index is 2.84. The second kappa shape index (κ2) is 7.69. The van der Waals surface area contributed by atoms with E-state index in [1.807, 2.05) is 0 Å². The molecule has 1 aromatic rings. The number of nitro benzene ring substituents is 1. The van der Waals surface area contributed by atoms with Crippen molar-refractivity contribution >= 4 is 11.4 Å². The third-order valence-electron chi connectivity index (χ3n) is 3.44. The van der Waals surface area contributed by atoms with Gasteiger partial charge < -0.3 is 15.4 Å². The van der Waals surface area contributed by atoms with Gasteiger partial charge in [-0.3, -0.25) is 10.1 Å². The zero-order valence-electron chi connectivity index (χ0n) is 12.4. The van der Waals surface area contributed by atoms with Crippen molar-refractivity contribution in [3.05, 3.63) is 27.8 Å². The van der Waals surface area contributed by atoms with Gasteiger partial charge in [0.2, 0.25) is 0 Å². The zero-order chi connectivity index (χ0) is 15.1. The minimum absolute atomic E-state index is 0.0721. The van der Waals surface area contributed by atoms with Crippen molar-refractivity contribution in [2.75, 3.05) is 32.5 Å². The maximum absolute atomic E-state index is 11.1. The van der Waals surface area contributed by atoms with Crippen LogP contribution in [0.25, 0.3) is 0 Å². The topological polar surface area (TPSA) is 81.6 Å². The Hall–Kier alpha value is -1.82. The fourth-order valence-electron chi connectivity index (χ4n) is 2.21. The Morgan fingerprint density at radius 2 is 2.00 bits per heavy atom. The molecule has 0 saturated heterocycles. The normalized spacial score (nSPS) is 10.8. The third kappa shape index (κ3) is 4.09. The maximum atomic E-state index is 11.1. The Labute approximate surface area is 119 Å². The molecular formula is C14H23N3O3. The summed E-state index contributed by atoms with van der Waals surface area (Å²) in [5.74, 6) is 0.494. The second-order valence-corrected chi connectivity index (χ2v) is 4.61. The van der Waals surface area contributed by atoms with Gasteiger partial charge in [-0.1, -0.05) is 13.8 Å². The Kier molecular flexibility index (Phi) is 6.24. The van der Waals surface area contributed by atoms with Crippen molar-refractivity contribution < 1.29 is 9.66 Å². The van der Waals surface area contributed by atoms with E-state index in [9.17, 15) is 10.1 Å². The summed E-state index contributed by atoms with van der Waals surface area (Å²) in [6.45, 7) is 7.13. The number of nitro groups is 1. The SMILES string of the molecule is CCN(CC)CCCc1cc(OC)c(N)cc1[N+](=O)[O-]. The summed E-state index contributed by atoms with van der Waals surface area (Å²) in [5, 5.41) is 11.1. The number of hydrogen-bond acceptors (Lipinski definition) is 5. The molecule has 0 atom stereocenters. The van der Waals surface area contributed by atoms with E-state index in [2.05, 4.69) is 18.7 Å². The lowest BCUT2D eigenvalue weighted by molar-refractivity contribution is -0.385. The van der Waals surface area contributed by atoms with Crippen LogP contribution in [0.5, 0.6) is 5.75 Å². The van der Waals surface area contributed by atoms with Crippen molar-refractivity contribution in [1.29, 1.82) is 0 Å². The fourth-order valence-corrected chi connectivity index (χ4v) is 2.21. The zero-order valence-corrected chi connectivity index (χ0v) is 12.4. The molecule has 2 N–H and O–H groups in total. The van der Waals surface area contributed by atoms with Gasteiger partial charge in [-0.05, 0) is 38.5 Å². The van der Waals surface area contributed by atoms with Gasteiger partial charge in [-0.15, -0.1) is 0 Å². The minimum atomic E-state index is -0.386. The van der Waals surface area contributed by atoms with Crippen LogP contribution in [0.4, 0.5) is 11.4 Å². The molecule has 20 heavy (non-hydrogen) atoms. The lowest BCUT2D eigenvalue weighted by Gasteiger charge is -2.17. The summed E-state index contributed by atoms with van der Waals surface area (Å²) >= 11 is 0. The lowest BCUT2D eigenvalue weighted by Crippen LogP contribution is -2.24. The number of methoxy groups -OCH3 is 1. The standard InChI is InChI=1S/C14H23N3O3/c1-4-16(5-2)8-6-7-11-9-14(20-3)12(15)10-13(11)17(18)19/h9-10H,4-8,15H2,1-3H3. The number of ether oxygens (including phenoxy) is 1. The molecule has 0 spiro atoms. The lowest BCUT2D eigenvalue weighted by atomic mass is 10.1. The van der Waals surface area contributed by atoms with Crippen LogP contribution in [0.15, 0.2) is 12.1 Å². The average Bonchev–Trinajstić information content (AvgIpc) is 2.44. The first kappa shape index (κ1) is 16.2. The number of benzene rings is 1. The van der Waals surface area contributed by atoms with E-state index in [4.69, 9.17) is 10.5 Å². The van der Waals surface area contributed by atoms with Gasteiger partial charge in [0.1, 0.15) is 5.75 Å². The number of rotatable bonds is 8. The van der Waals surface area contributed by atoms with Crippen LogP contribution in [-0.4, -0.2) is 36.6 Å². The summed E-state index contributed by atoms with van der Waals surface area (Å²) in [4.78, 5) is 13.0. The maximum Gasteiger partial charge on any atom is 0.274 e. The van der Waals surface area contributed by atoms with Gasteiger partial charge in [-0.2, -0.15) is 0 Å². The molecule has 0 aliphatic heterocycles. The van der Waals surface area contributed by atoms with E-state index >= 15 is 0 Å². The molecule has 6 nitrogen and oxygen atoms in total. The van der Waals surface area contributed by atoms with Crippen LogP contribution < -0.4 is 10.5 Å². The predicted octanol–water partition coefficient (Wildman–Crippen LogP) is 2.46. The van der Waals surface area contributed by atoms with Crippen LogP contribution in [0.3, 0.4) is 0 Å². The van der Waals surface area contributed by atoms with E-state index in [1.165, 1.54) is 13.2 Å². The van der Waals surface area contributed by atoms with Crippen molar-refractivity contribution in [1.82, 2.24) is 4.90 Å². The molecule has 0 bridgehead atoms. The summed E-state index contributed by atoms with van der Waals surface area (Å²) < 4.78 is 5.13. The van der Waals surface area contributed by atoms with Gasteiger partial charge in [-0.25, -0.2) is 0 Å². The first-order valence-electron chi connectivity index (χ1n) is 6.86. The third-order valence-corrected chi connectivity index (χ3v) is 3.44. The predicted molar refractivity (Wildman–Crippen MR) is 80.2 cm³/mol. The Bertz CT molecular complexity index is 459. The number of nitrogen functional groups attached to an aromatic ring is 1. The van der Waals surface area contributed by atoms with E-state index in [1.54, 1.807) is 6.07 Å². The molecule has 0 fully saturated rings. The van der Waals surface area contributed by atoms with E-state index in [-0.39, 0.29) is 10.6 Å². The quantitative estimate of drug-likeness (QED) is 0.449. The molecule has 1 aromatic carbocycles. The monoisotopic (exact) mass is 281 g/mol. The highest BCUT2D eigenvalue weighted by Gasteiger charge is 2.17. The van der Waals surface area contributed by atoms with Gasteiger partial charge >= 0.3 is 0 Å². The molecule has 1 rings (SSSR count). The van der Waals surface area contributed by atoms with Crippen LogP contribution in [0.1, 0.15) is 25.8 Å². The molecule has 0 aliphatic rings. The van der Waals surface area contributed by atoms with Gasteiger partial charge in [0.25, 0.3) is 5.69 Å². The Morgan fingerprint density at radius 1 is 1.35 bits per heavy atom. The number of anilines is 1. The largest absolute Gasteiger partial charge is 0.495 e. The molecule has 112 valence electrons. The number of aryl methyl sites for hydroxylation is 1. The van der Waals surface area contributed by atoms with E-state index < -0.39 is 0 Å². The van der Waals surface area contributed by atoms with Gasteiger partial charge in [0.15, 0.2) is 0 Å². The average molecular weight is 281 g/mol. The van der Waals surface area contributed by atoms with Crippen molar-refractivity contribution in [3.8, 4) is 5.75 Å². The summed E-state index contributed by atoms with van der Waals surface area (Å²) in [6.07, 6.45) is 1.51. The molecule has 0 aliphatic carbocycles. The summed E-state index contributed by atoms with van der Waals surface area (Å²) in [6, 6.07) is 3.06. The summed E-state index contributed by atoms with van der Waals surface area (Å²) in [7, 11) is 1.51. The van der Waals surface area contributed by atoms with Crippen LogP contribution in [0.2, 0.25) is 0 Å². The highest BCUT2D eigenvalue weighted by atomic mass is 16.6. The summed E-state index contributed by atoms with van der Waals surface area (Å²) in [5.41, 5.74) is 6.77. The molecule has 0 saturated carbocycles. The highest BCUT2D eigenvalue weighted by molar-refractivity contribution is 5.62. The minimum Gasteiger partial charge on any atom is -0.495 e. The second-order valence-electron chi connectivity index (χ2n) is 4.61. The number of nitrogens with zero attached hydrogens (tertiary/aromatic N) is 2. The van der Waals surface area contributed by atoms with Crippen molar-refractivity contribution in [3.63, 3.8) is 0 Å². The molecule has 0 amide bonds. The molecular weight excluding hydrogens is 258 g/mol. The number of hydrogen-bond donors (Lipinski definition) is 1. The van der Waals surface area contributed by atoms with Gasteiger partial charge in [0, 0.05) is 11.6 Å².